The second kappa shape index (κ2) is 4.78. The predicted molar refractivity (Wildman–Crippen MR) is 53.4 cm³/mol. The fraction of sp³-hybridized carbons (Fsp3) is 0.200. The van der Waals surface area contributed by atoms with Gasteiger partial charge in [-0.2, -0.15) is 12.6 Å². The van der Waals surface area contributed by atoms with Crippen molar-refractivity contribution in [2.45, 2.75) is 6.42 Å². The molecule has 0 fully saturated rings. The molecule has 0 aliphatic carbocycles. The number of aromatic hydroxyl groups is 1. The van der Waals surface area contributed by atoms with E-state index in [0.29, 0.717) is 17.7 Å². The minimum atomic E-state index is -0.477. The maximum absolute atomic E-state index is 12.7. The Morgan fingerprint density at radius 1 is 1.38 bits per heavy atom. The fourth-order valence-corrected chi connectivity index (χ4v) is 0.979. The number of benzene rings is 1. The van der Waals surface area contributed by atoms with Crippen LogP contribution in [0.3, 0.4) is 0 Å². The summed E-state index contributed by atoms with van der Waals surface area (Å²) in [6, 6.07) is 3.75. The SMILES string of the molecule is Oc1cc(F)cc(C#CCCS)c1. The van der Waals surface area contributed by atoms with E-state index >= 15 is 0 Å². The lowest BCUT2D eigenvalue weighted by Gasteiger charge is -1.93. The van der Waals surface area contributed by atoms with Gasteiger partial charge in [-0.15, -0.1) is 0 Å². The van der Waals surface area contributed by atoms with Crippen LogP contribution in [0.4, 0.5) is 4.39 Å². The van der Waals surface area contributed by atoms with Crippen LogP contribution in [0.2, 0.25) is 0 Å². The van der Waals surface area contributed by atoms with Gasteiger partial charge in [0.15, 0.2) is 0 Å². The molecule has 0 heterocycles. The molecule has 3 heteroatoms. The lowest BCUT2D eigenvalue weighted by atomic mass is 10.2. The minimum absolute atomic E-state index is 0.102. The van der Waals surface area contributed by atoms with E-state index in [2.05, 4.69) is 24.5 Å². The Hall–Kier alpha value is -1.14. The third-order valence-electron chi connectivity index (χ3n) is 1.35. The van der Waals surface area contributed by atoms with Crippen molar-refractivity contribution in [3.63, 3.8) is 0 Å². The highest BCUT2D eigenvalue weighted by Crippen LogP contribution is 2.13. The number of thiol groups is 1. The minimum Gasteiger partial charge on any atom is -0.508 e. The molecule has 0 aliphatic heterocycles. The molecule has 0 radical (unpaired) electrons. The average molecular weight is 196 g/mol. The number of phenolic OH excluding ortho intramolecular Hbond substituents is 1. The monoisotopic (exact) mass is 196 g/mol. The van der Waals surface area contributed by atoms with Crippen molar-refractivity contribution >= 4 is 12.6 Å². The van der Waals surface area contributed by atoms with Crippen molar-refractivity contribution < 1.29 is 9.50 Å². The molecule has 1 rings (SSSR count). The van der Waals surface area contributed by atoms with Crippen LogP contribution in [0.5, 0.6) is 5.75 Å². The molecular formula is C10H9FOS. The Balaban J connectivity index is 2.85. The molecule has 0 aromatic heterocycles. The van der Waals surface area contributed by atoms with Crippen LogP contribution in [-0.4, -0.2) is 10.9 Å². The molecule has 0 spiro atoms. The summed E-state index contributed by atoms with van der Waals surface area (Å²) in [4.78, 5) is 0. The number of hydrogen-bond acceptors (Lipinski definition) is 2. The smallest absolute Gasteiger partial charge is 0.128 e. The van der Waals surface area contributed by atoms with E-state index in [1.165, 1.54) is 12.1 Å². The molecule has 0 saturated carbocycles. The summed E-state index contributed by atoms with van der Waals surface area (Å²) in [5, 5.41) is 9.03. The van der Waals surface area contributed by atoms with Crippen molar-refractivity contribution in [1.29, 1.82) is 0 Å². The van der Waals surface area contributed by atoms with E-state index in [0.717, 1.165) is 6.07 Å². The van der Waals surface area contributed by atoms with Gasteiger partial charge >= 0.3 is 0 Å². The first-order valence-corrected chi connectivity index (χ1v) is 4.45. The van der Waals surface area contributed by atoms with Crippen LogP contribution < -0.4 is 0 Å². The van der Waals surface area contributed by atoms with Gasteiger partial charge in [0.05, 0.1) is 0 Å². The molecular weight excluding hydrogens is 187 g/mol. The summed E-state index contributed by atoms with van der Waals surface area (Å²) >= 11 is 3.98. The number of halogens is 1. The van der Waals surface area contributed by atoms with Gasteiger partial charge in [-0.05, 0) is 12.1 Å². The highest BCUT2D eigenvalue weighted by Gasteiger charge is 1.95. The summed E-state index contributed by atoms with van der Waals surface area (Å²) in [6.07, 6.45) is 0.653. The second-order valence-electron chi connectivity index (χ2n) is 2.47. The maximum atomic E-state index is 12.7. The third kappa shape index (κ3) is 3.39. The summed E-state index contributed by atoms with van der Waals surface area (Å²) in [7, 11) is 0. The standard InChI is InChI=1S/C10H9FOS/c11-9-5-8(3-1-2-4-13)6-10(12)7-9/h5-7,12-13H,2,4H2. The third-order valence-corrected chi connectivity index (χ3v) is 1.58. The van der Waals surface area contributed by atoms with Crippen molar-refractivity contribution in [2.24, 2.45) is 0 Å². The van der Waals surface area contributed by atoms with Crippen molar-refractivity contribution in [3.8, 4) is 17.6 Å². The molecule has 13 heavy (non-hydrogen) atoms. The number of phenols is 1. The molecule has 0 amide bonds. The fourth-order valence-electron chi connectivity index (χ4n) is 0.867. The predicted octanol–water partition coefficient (Wildman–Crippen LogP) is 2.20. The van der Waals surface area contributed by atoms with E-state index in [9.17, 15) is 4.39 Å². The first kappa shape index (κ1) is 9.94. The van der Waals surface area contributed by atoms with Crippen LogP contribution in [0.25, 0.3) is 0 Å². The van der Waals surface area contributed by atoms with E-state index in [1.807, 2.05) is 0 Å². The molecule has 0 atom stereocenters. The maximum Gasteiger partial charge on any atom is 0.128 e. The van der Waals surface area contributed by atoms with Gasteiger partial charge in [0, 0.05) is 23.8 Å². The Morgan fingerprint density at radius 2 is 2.15 bits per heavy atom. The largest absolute Gasteiger partial charge is 0.508 e. The first-order chi connectivity index (χ1) is 6.22. The lowest BCUT2D eigenvalue weighted by molar-refractivity contribution is 0.469. The van der Waals surface area contributed by atoms with Gasteiger partial charge in [-0.1, -0.05) is 11.8 Å². The highest BCUT2D eigenvalue weighted by molar-refractivity contribution is 7.80. The van der Waals surface area contributed by atoms with Crippen molar-refractivity contribution in [3.05, 3.63) is 29.6 Å². The van der Waals surface area contributed by atoms with E-state index in [4.69, 9.17) is 5.11 Å². The zero-order valence-electron chi connectivity index (χ0n) is 6.92. The Labute approximate surface area is 82.0 Å². The van der Waals surface area contributed by atoms with Gasteiger partial charge in [0.25, 0.3) is 0 Å². The van der Waals surface area contributed by atoms with Crippen LogP contribution in [0.1, 0.15) is 12.0 Å². The molecule has 0 aliphatic rings. The van der Waals surface area contributed by atoms with Crippen molar-refractivity contribution in [1.82, 2.24) is 0 Å². The van der Waals surface area contributed by atoms with E-state index in [-0.39, 0.29) is 5.75 Å². The average Bonchev–Trinajstić information content (AvgIpc) is 2.03. The molecule has 1 nitrogen and oxygen atoms in total. The summed E-state index contributed by atoms with van der Waals surface area (Å²) < 4.78 is 12.7. The quantitative estimate of drug-likeness (QED) is 0.521. The normalized spacial score (nSPS) is 9.08. The molecule has 0 bridgehead atoms. The Bertz CT molecular complexity index is 331. The lowest BCUT2D eigenvalue weighted by Crippen LogP contribution is -1.79. The van der Waals surface area contributed by atoms with Crippen molar-refractivity contribution in [2.75, 3.05) is 5.75 Å². The topological polar surface area (TPSA) is 20.2 Å². The Kier molecular flexibility index (Phi) is 3.66. The van der Waals surface area contributed by atoms with Gasteiger partial charge in [-0.3, -0.25) is 0 Å². The van der Waals surface area contributed by atoms with Crippen LogP contribution in [0.15, 0.2) is 18.2 Å². The Morgan fingerprint density at radius 3 is 2.77 bits per heavy atom. The summed E-state index contributed by atoms with van der Waals surface area (Å²) in [5.74, 6) is 5.63. The van der Waals surface area contributed by atoms with Gasteiger partial charge in [0.1, 0.15) is 11.6 Å². The highest BCUT2D eigenvalue weighted by atomic mass is 32.1. The summed E-state index contributed by atoms with van der Waals surface area (Å²) in [6.45, 7) is 0. The van der Waals surface area contributed by atoms with E-state index in [1.54, 1.807) is 0 Å². The van der Waals surface area contributed by atoms with Gasteiger partial charge in [-0.25, -0.2) is 4.39 Å². The number of rotatable bonds is 1. The second-order valence-corrected chi connectivity index (χ2v) is 2.92. The molecule has 68 valence electrons. The first-order valence-electron chi connectivity index (χ1n) is 3.81. The molecule has 1 aromatic rings. The zero-order valence-corrected chi connectivity index (χ0v) is 7.81. The van der Waals surface area contributed by atoms with E-state index < -0.39 is 5.82 Å². The van der Waals surface area contributed by atoms with Gasteiger partial charge in [0.2, 0.25) is 0 Å². The molecule has 1 aromatic carbocycles. The van der Waals surface area contributed by atoms with Crippen LogP contribution in [0, 0.1) is 17.7 Å². The van der Waals surface area contributed by atoms with Crippen LogP contribution in [-0.2, 0) is 0 Å². The number of hydrogen-bond donors (Lipinski definition) is 2. The molecule has 0 unspecified atom stereocenters. The van der Waals surface area contributed by atoms with Crippen LogP contribution >= 0.6 is 12.6 Å². The van der Waals surface area contributed by atoms with Gasteiger partial charge < -0.3 is 5.11 Å². The molecule has 1 N–H and O–H groups in total. The zero-order chi connectivity index (χ0) is 9.68. The molecule has 0 saturated heterocycles. The summed E-state index contributed by atoms with van der Waals surface area (Å²) in [5.41, 5.74) is 0.485.